The molecule has 2 aromatic rings. The Hall–Kier alpha value is -1.67. The van der Waals surface area contributed by atoms with E-state index in [0.29, 0.717) is 17.1 Å². The van der Waals surface area contributed by atoms with Gasteiger partial charge in [0.1, 0.15) is 5.76 Å². The molecule has 0 unspecified atom stereocenters. The average molecular weight is 358 g/mol. The van der Waals surface area contributed by atoms with E-state index in [1.165, 1.54) is 16.2 Å². The topological polar surface area (TPSA) is 75.4 Å². The average Bonchev–Trinajstić information content (AvgIpc) is 2.97. The highest BCUT2D eigenvalue weighted by atomic mass is 79.9. The SMILES string of the molecule is Cc1cc(NC(=O)CN(C)C(=O)c2csc(Br)c2)no1. The van der Waals surface area contributed by atoms with Crippen molar-refractivity contribution in [1.29, 1.82) is 0 Å². The summed E-state index contributed by atoms with van der Waals surface area (Å²) in [6, 6.07) is 3.33. The van der Waals surface area contributed by atoms with Gasteiger partial charge in [-0.3, -0.25) is 9.59 Å². The van der Waals surface area contributed by atoms with Gasteiger partial charge >= 0.3 is 0 Å². The molecule has 0 aliphatic rings. The summed E-state index contributed by atoms with van der Waals surface area (Å²) in [4.78, 5) is 25.2. The minimum Gasteiger partial charge on any atom is -0.360 e. The summed E-state index contributed by atoms with van der Waals surface area (Å²) in [5.41, 5.74) is 0.550. The molecule has 0 radical (unpaired) electrons. The van der Waals surface area contributed by atoms with E-state index in [1.807, 2.05) is 0 Å². The summed E-state index contributed by atoms with van der Waals surface area (Å²) >= 11 is 4.72. The Kier molecular flexibility index (Phi) is 4.56. The number of aromatic nitrogens is 1. The molecular weight excluding hydrogens is 346 g/mol. The number of rotatable bonds is 4. The van der Waals surface area contributed by atoms with E-state index in [4.69, 9.17) is 4.52 Å². The molecule has 2 heterocycles. The molecule has 20 heavy (non-hydrogen) atoms. The Bertz CT molecular complexity index is 637. The maximum absolute atomic E-state index is 12.0. The van der Waals surface area contributed by atoms with Crippen molar-refractivity contribution >= 4 is 44.9 Å². The first-order valence-electron chi connectivity index (χ1n) is 5.68. The fourth-order valence-corrected chi connectivity index (χ4v) is 2.67. The van der Waals surface area contributed by atoms with Crippen LogP contribution in [0.3, 0.4) is 0 Å². The quantitative estimate of drug-likeness (QED) is 0.911. The summed E-state index contributed by atoms with van der Waals surface area (Å²) in [6.45, 7) is 1.67. The molecular formula is C12H12BrN3O3S. The number of amides is 2. The Morgan fingerprint density at radius 1 is 1.50 bits per heavy atom. The van der Waals surface area contributed by atoms with Crippen LogP contribution >= 0.6 is 27.3 Å². The van der Waals surface area contributed by atoms with Gasteiger partial charge in [-0.25, -0.2) is 0 Å². The smallest absolute Gasteiger partial charge is 0.254 e. The minimum absolute atomic E-state index is 0.0573. The van der Waals surface area contributed by atoms with Gasteiger partial charge in [0.15, 0.2) is 5.82 Å². The van der Waals surface area contributed by atoms with Crippen LogP contribution in [0, 0.1) is 6.92 Å². The third-order valence-electron chi connectivity index (χ3n) is 2.44. The summed E-state index contributed by atoms with van der Waals surface area (Å²) in [5, 5.41) is 7.95. The molecule has 2 rings (SSSR count). The van der Waals surface area contributed by atoms with E-state index in [-0.39, 0.29) is 18.4 Å². The molecule has 1 N–H and O–H groups in total. The van der Waals surface area contributed by atoms with Gasteiger partial charge in [-0.05, 0) is 28.9 Å². The van der Waals surface area contributed by atoms with Crippen LogP contribution in [0.25, 0.3) is 0 Å². The minimum atomic E-state index is -0.330. The maximum Gasteiger partial charge on any atom is 0.254 e. The Morgan fingerprint density at radius 3 is 2.80 bits per heavy atom. The molecule has 0 fully saturated rings. The third kappa shape index (κ3) is 3.67. The molecule has 106 valence electrons. The first kappa shape index (κ1) is 14.7. The van der Waals surface area contributed by atoms with E-state index in [0.717, 1.165) is 3.79 Å². The molecule has 0 aliphatic heterocycles. The van der Waals surface area contributed by atoms with Crippen molar-refractivity contribution in [1.82, 2.24) is 10.1 Å². The van der Waals surface area contributed by atoms with Crippen LogP contribution < -0.4 is 5.32 Å². The molecule has 6 nitrogen and oxygen atoms in total. The lowest BCUT2D eigenvalue weighted by molar-refractivity contribution is -0.116. The molecule has 2 aromatic heterocycles. The highest BCUT2D eigenvalue weighted by Crippen LogP contribution is 2.21. The number of carbonyl (C=O) groups excluding carboxylic acids is 2. The number of likely N-dealkylation sites (N-methyl/N-ethyl adjacent to an activating group) is 1. The first-order chi connectivity index (χ1) is 9.45. The van der Waals surface area contributed by atoms with Gasteiger partial charge in [-0.2, -0.15) is 0 Å². The number of nitrogens with one attached hydrogen (secondary N) is 1. The van der Waals surface area contributed by atoms with Gasteiger partial charge in [-0.1, -0.05) is 5.16 Å². The number of aryl methyl sites for hydroxylation is 1. The van der Waals surface area contributed by atoms with E-state index in [2.05, 4.69) is 26.4 Å². The van der Waals surface area contributed by atoms with Crippen molar-refractivity contribution in [3.8, 4) is 0 Å². The van der Waals surface area contributed by atoms with Crippen molar-refractivity contribution in [2.45, 2.75) is 6.92 Å². The van der Waals surface area contributed by atoms with Crippen molar-refractivity contribution in [2.75, 3.05) is 18.9 Å². The number of thiophene rings is 1. The van der Waals surface area contributed by atoms with Crippen LogP contribution in [-0.4, -0.2) is 35.5 Å². The van der Waals surface area contributed by atoms with Crippen molar-refractivity contribution in [3.05, 3.63) is 32.6 Å². The second-order valence-electron chi connectivity index (χ2n) is 4.17. The number of halogens is 1. The van der Waals surface area contributed by atoms with Crippen molar-refractivity contribution in [3.63, 3.8) is 0 Å². The summed E-state index contributed by atoms with van der Waals surface area (Å²) in [5.74, 6) is 0.404. The van der Waals surface area contributed by atoms with Crippen LogP contribution in [0.15, 0.2) is 25.8 Å². The van der Waals surface area contributed by atoms with Gasteiger partial charge in [0.05, 0.1) is 15.9 Å². The number of anilines is 1. The molecule has 0 spiro atoms. The lowest BCUT2D eigenvalue weighted by Crippen LogP contribution is -2.34. The molecule has 0 atom stereocenters. The molecule has 0 aliphatic carbocycles. The zero-order valence-corrected chi connectivity index (χ0v) is 13.2. The highest BCUT2D eigenvalue weighted by Gasteiger charge is 2.16. The lowest BCUT2D eigenvalue weighted by Gasteiger charge is -2.15. The van der Waals surface area contributed by atoms with E-state index in [1.54, 1.807) is 31.5 Å². The van der Waals surface area contributed by atoms with Crippen molar-refractivity contribution < 1.29 is 14.1 Å². The second kappa shape index (κ2) is 6.19. The zero-order chi connectivity index (χ0) is 14.7. The lowest BCUT2D eigenvalue weighted by atomic mass is 10.3. The normalized spacial score (nSPS) is 10.3. The fourth-order valence-electron chi connectivity index (χ4n) is 1.54. The van der Waals surface area contributed by atoms with Crippen LogP contribution in [0.2, 0.25) is 0 Å². The van der Waals surface area contributed by atoms with Gasteiger partial charge in [0.2, 0.25) is 5.91 Å². The van der Waals surface area contributed by atoms with Crippen LogP contribution in [0.1, 0.15) is 16.1 Å². The standard InChI is InChI=1S/C12H12BrN3O3S/c1-7-3-10(15-19-7)14-11(17)5-16(2)12(18)8-4-9(13)20-6-8/h3-4,6H,5H2,1-2H3,(H,14,15,17). The number of nitrogens with zero attached hydrogens (tertiary/aromatic N) is 2. The zero-order valence-electron chi connectivity index (χ0n) is 10.8. The molecule has 0 saturated carbocycles. The molecule has 8 heteroatoms. The largest absolute Gasteiger partial charge is 0.360 e. The fraction of sp³-hybridized carbons (Fsp3) is 0.250. The van der Waals surface area contributed by atoms with Crippen LogP contribution in [-0.2, 0) is 4.79 Å². The van der Waals surface area contributed by atoms with E-state index < -0.39 is 0 Å². The summed E-state index contributed by atoms with van der Waals surface area (Å²) in [7, 11) is 1.57. The molecule has 0 bridgehead atoms. The van der Waals surface area contributed by atoms with Gasteiger partial charge in [-0.15, -0.1) is 11.3 Å². The first-order valence-corrected chi connectivity index (χ1v) is 7.35. The Morgan fingerprint density at radius 2 is 2.25 bits per heavy atom. The van der Waals surface area contributed by atoms with E-state index in [9.17, 15) is 9.59 Å². The highest BCUT2D eigenvalue weighted by molar-refractivity contribution is 9.11. The Balaban J connectivity index is 1.92. The predicted molar refractivity (Wildman–Crippen MR) is 78.8 cm³/mol. The number of hydrogen-bond donors (Lipinski definition) is 1. The number of hydrogen-bond acceptors (Lipinski definition) is 5. The molecule has 0 aromatic carbocycles. The molecule has 2 amide bonds. The van der Waals surface area contributed by atoms with Crippen LogP contribution in [0.5, 0.6) is 0 Å². The molecule has 0 saturated heterocycles. The van der Waals surface area contributed by atoms with Gasteiger partial charge in [0.25, 0.3) is 5.91 Å². The third-order valence-corrected chi connectivity index (χ3v) is 3.94. The van der Waals surface area contributed by atoms with Gasteiger partial charge < -0.3 is 14.7 Å². The second-order valence-corrected chi connectivity index (χ2v) is 6.46. The van der Waals surface area contributed by atoms with Crippen LogP contribution in [0.4, 0.5) is 5.82 Å². The summed E-state index contributed by atoms with van der Waals surface area (Å²) < 4.78 is 5.71. The van der Waals surface area contributed by atoms with Gasteiger partial charge in [0, 0.05) is 18.5 Å². The Labute approximate surface area is 127 Å². The predicted octanol–water partition coefficient (Wildman–Crippen LogP) is 2.52. The monoisotopic (exact) mass is 357 g/mol. The summed E-state index contributed by atoms with van der Waals surface area (Å²) in [6.07, 6.45) is 0. The number of carbonyl (C=O) groups is 2. The van der Waals surface area contributed by atoms with Crippen molar-refractivity contribution in [2.24, 2.45) is 0 Å². The maximum atomic E-state index is 12.0. The van der Waals surface area contributed by atoms with E-state index >= 15 is 0 Å².